The Balaban J connectivity index is 2.41. The van der Waals surface area contributed by atoms with Crippen LogP contribution in [0.25, 0.3) is 0 Å². The van der Waals surface area contributed by atoms with Gasteiger partial charge in [-0.05, 0) is 12.8 Å². The summed E-state index contributed by atoms with van der Waals surface area (Å²) in [4.78, 5) is 37.1. The van der Waals surface area contributed by atoms with E-state index in [9.17, 15) is 14.4 Å². The first-order valence-electron chi connectivity index (χ1n) is 6.45. The number of amides is 3. The Morgan fingerprint density at radius 3 is 2.63 bits per heavy atom. The van der Waals surface area contributed by atoms with Crippen molar-refractivity contribution in [2.75, 3.05) is 33.2 Å². The van der Waals surface area contributed by atoms with Crippen LogP contribution in [0.3, 0.4) is 0 Å². The Kier molecular flexibility index (Phi) is 5.59. The lowest BCUT2D eigenvalue weighted by atomic mass is 10.1. The van der Waals surface area contributed by atoms with E-state index in [-0.39, 0.29) is 25.0 Å². The molecular weight excluding hydrogens is 250 g/mol. The van der Waals surface area contributed by atoms with Gasteiger partial charge in [0.2, 0.25) is 5.91 Å². The molecule has 0 spiro atoms. The average Bonchev–Trinajstić information content (AvgIpc) is 2.84. The third-order valence-electron chi connectivity index (χ3n) is 3.09. The molecule has 0 aromatic carbocycles. The van der Waals surface area contributed by atoms with E-state index in [0.29, 0.717) is 19.5 Å². The van der Waals surface area contributed by atoms with Crippen LogP contribution in [0.1, 0.15) is 19.8 Å². The molecule has 19 heavy (non-hydrogen) atoms. The minimum atomic E-state index is -0.876. The number of likely N-dealkylation sites (tertiary alicyclic amines) is 1. The molecule has 1 rings (SSSR count). The van der Waals surface area contributed by atoms with Crippen molar-refractivity contribution >= 4 is 17.9 Å². The number of aliphatic carboxylic acids is 1. The summed E-state index contributed by atoms with van der Waals surface area (Å²) < 4.78 is 0. The summed E-state index contributed by atoms with van der Waals surface area (Å²) in [5, 5.41) is 11.6. The molecule has 0 aromatic heterocycles. The molecule has 0 saturated carbocycles. The quantitative estimate of drug-likeness (QED) is 0.735. The summed E-state index contributed by atoms with van der Waals surface area (Å²) in [6.07, 6.45) is 1.31. The molecule has 1 unspecified atom stereocenters. The fraction of sp³-hybridized carbons (Fsp3) is 0.750. The zero-order valence-electron chi connectivity index (χ0n) is 11.4. The van der Waals surface area contributed by atoms with E-state index in [1.165, 1.54) is 9.80 Å². The van der Waals surface area contributed by atoms with Crippen LogP contribution in [0.15, 0.2) is 0 Å². The molecule has 1 aliphatic heterocycles. The molecule has 7 heteroatoms. The van der Waals surface area contributed by atoms with Gasteiger partial charge in [0.15, 0.2) is 0 Å². The van der Waals surface area contributed by atoms with Crippen LogP contribution in [0.5, 0.6) is 0 Å². The van der Waals surface area contributed by atoms with E-state index in [1.54, 1.807) is 7.05 Å². The summed E-state index contributed by atoms with van der Waals surface area (Å²) in [5.74, 6) is -1.57. The number of likely N-dealkylation sites (N-methyl/N-ethyl adjacent to an activating group) is 1. The summed E-state index contributed by atoms with van der Waals surface area (Å²) >= 11 is 0. The minimum Gasteiger partial charge on any atom is -0.481 e. The van der Waals surface area contributed by atoms with Gasteiger partial charge >= 0.3 is 12.0 Å². The molecule has 1 saturated heterocycles. The van der Waals surface area contributed by atoms with Gasteiger partial charge in [0.05, 0.1) is 5.92 Å². The van der Waals surface area contributed by atoms with Gasteiger partial charge < -0.3 is 20.2 Å². The Hall–Kier alpha value is -1.79. The number of nitrogens with one attached hydrogen (secondary N) is 1. The summed E-state index contributed by atoms with van der Waals surface area (Å²) in [6.45, 7) is 3.18. The standard InChI is InChI=1S/C12H21N3O4/c1-3-5-13-10(16)8-14(2)12(19)15-6-4-9(7-15)11(17)18/h9H,3-8H2,1-2H3,(H,13,16)(H,17,18). The zero-order chi connectivity index (χ0) is 14.4. The molecule has 0 aliphatic carbocycles. The number of carbonyl (C=O) groups excluding carboxylic acids is 2. The maximum atomic E-state index is 12.0. The minimum absolute atomic E-state index is 0.00687. The predicted molar refractivity (Wildman–Crippen MR) is 68.6 cm³/mol. The number of carboxylic acid groups (broad SMARTS) is 1. The van der Waals surface area contributed by atoms with E-state index < -0.39 is 11.9 Å². The van der Waals surface area contributed by atoms with Gasteiger partial charge in [-0.25, -0.2) is 4.79 Å². The van der Waals surface area contributed by atoms with Gasteiger partial charge in [-0.15, -0.1) is 0 Å². The highest BCUT2D eigenvalue weighted by atomic mass is 16.4. The van der Waals surface area contributed by atoms with Crippen LogP contribution >= 0.6 is 0 Å². The number of carbonyl (C=O) groups is 3. The lowest BCUT2D eigenvalue weighted by molar-refractivity contribution is -0.141. The largest absolute Gasteiger partial charge is 0.481 e. The molecule has 1 aliphatic rings. The fourth-order valence-corrected chi connectivity index (χ4v) is 1.98. The lowest BCUT2D eigenvalue weighted by Crippen LogP contribution is -2.45. The van der Waals surface area contributed by atoms with Gasteiger partial charge in [-0.2, -0.15) is 0 Å². The summed E-state index contributed by atoms with van der Waals surface area (Å²) in [7, 11) is 1.54. The van der Waals surface area contributed by atoms with Crippen LogP contribution in [-0.4, -0.2) is 66.0 Å². The van der Waals surface area contributed by atoms with Gasteiger partial charge in [0.25, 0.3) is 0 Å². The van der Waals surface area contributed by atoms with Crippen molar-refractivity contribution in [2.24, 2.45) is 5.92 Å². The molecule has 2 N–H and O–H groups in total. The van der Waals surface area contributed by atoms with Crippen molar-refractivity contribution in [3.05, 3.63) is 0 Å². The smallest absolute Gasteiger partial charge is 0.320 e. The second kappa shape index (κ2) is 6.96. The van der Waals surface area contributed by atoms with Crippen molar-refractivity contribution in [1.82, 2.24) is 15.1 Å². The Morgan fingerprint density at radius 1 is 1.42 bits per heavy atom. The van der Waals surface area contributed by atoms with Crippen LogP contribution in [-0.2, 0) is 9.59 Å². The van der Waals surface area contributed by atoms with E-state index >= 15 is 0 Å². The SMILES string of the molecule is CCCNC(=O)CN(C)C(=O)N1CCC(C(=O)O)C1. The molecule has 1 heterocycles. The van der Waals surface area contributed by atoms with Gasteiger partial charge in [-0.1, -0.05) is 6.92 Å². The highest BCUT2D eigenvalue weighted by molar-refractivity contribution is 5.84. The molecular formula is C12H21N3O4. The average molecular weight is 271 g/mol. The van der Waals surface area contributed by atoms with Crippen molar-refractivity contribution < 1.29 is 19.5 Å². The summed E-state index contributed by atoms with van der Waals surface area (Å²) in [5.41, 5.74) is 0. The molecule has 1 fully saturated rings. The molecule has 0 aromatic rings. The first-order valence-corrected chi connectivity index (χ1v) is 6.45. The number of urea groups is 1. The van der Waals surface area contributed by atoms with Crippen LogP contribution in [0.2, 0.25) is 0 Å². The maximum Gasteiger partial charge on any atom is 0.320 e. The number of hydrogen-bond donors (Lipinski definition) is 2. The zero-order valence-corrected chi connectivity index (χ0v) is 11.4. The molecule has 1 atom stereocenters. The second-order valence-electron chi connectivity index (χ2n) is 4.76. The molecule has 3 amide bonds. The number of carboxylic acids is 1. The van der Waals surface area contributed by atoms with Crippen molar-refractivity contribution in [3.63, 3.8) is 0 Å². The summed E-state index contributed by atoms with van der Waals surface area (Å²) in [6, 6.07) is -0.296. The topological polar surface area (TPSA) is 90.0 Å². The first-order chi connectivity index (χ1) is 8.95. The molecule has 108 valence electrons. The van der Waals surface area contributed by atoms with Gasteiger partial charge in [0, 0.05) is 26.7 Å². The highest BCUT2D eigenvalue weighted by Crippen LogP contribution is 2.17. The Labute approximate surface area is 112 Å². The number of nitrogens with zero attached hydrogens (tertiary/aromatic N) is 2. The molecule has 0 bridgehead atoms. The van der Waals surface area contributed by atoms with Crippen molar-refractivity contribution in [2.45, 2.75) is 19.8 Å². The monoisotopic (exact) mass is 271 g/mol. The van der Waals surface area contributed by atoms with Gasteiger partial charge in [-0.3, -0.25) is 9.59 Å². The van der Waals surface area contributed by atoms with E-state index in [4.69, 9.17) is 5.11 Å². The van der Waals surface area contributed by atoms with Crippen LogP contribution in [0.4, 0.5) is 4.79 Å². The van der Waals surface area contributed by atoms with Crippen molar-refractivity contribution in [3.8, 4) is 0 Å². The fourth-order valence-electron chi connectivity index (χ4n) is 1.98. The van der Waals surface area contributed by atoms with Crippen LogP contribution < -0.4 is 5.32 Å². The van der Waals surface area contributed by atoms with Crippen LogP contribution in [0, 0.1) is 5.92 Å². The predicted octanol–water partition coefficient (Wildman–Crippen LogP) is -0.0291. The Morgan fingerprint density at radius 2 is 2.11 bits per heavy atom. The molecule has 7 nitrogen and oxygen atoms in total. The molecule has 0 radical (unpaired) electrons. The highest BCUT2D eigenvalue weighted by Gasteiger charge is 2.32. The third kappa shape index (κ3) is 4.42. The third-order valence-corrected chi connectivity index (χ3v) is 3.09. The van der Waals surface area contributed by atoms with Crippen molar-refractivity contribution in [1.29, 1.82) is 0 Å². The number of hydrogen-bond acceptors (Lipinski definition) is 3. The first kappa shape index (κ1) is 15.3. The lowest BCUT2D eigenvalue weighted by Gasteiger charge is -2.24. The number of rotatable bonds is 5. The van der Waals surface area contributed by atoms with E-state index in [2.05, 4.69) is 5.32 Å². The van der Waals surface area contributed by atoms with E-state index in [0.717, 1.165) is 6.42 Å². The Bertz CT molecular complexity index is 359. The maximum absolute atomic E-state index is 12.0. The van der Waals surface area contributed by atoms with Gasteiger partial charge in [0.1, 0.15) is 6.54 Å². The normalized spacial score (nSPS) is 18.2. The van der Waals surface area contributed by atoms with E-state index in [1.807, 2.05) is 6.92 Å². The second-order valence-corrected chi connectivity index (χ2v) is 4.76.